The van der Waals surface area contributed by atoms with Crippen molar-refractivity contribution < 1.29 is 66.7 Å². The second-order valence-electron chi connectivity index (χ2n) is 19.4. The predicted octanol–water partition coefficient (Wildman–Crippen LogP) is 13.1. The van der Waals surface area contributed by atoms with Crippen LogP contribution in [-0.2, 0) is 38.2 Å². The van der Waals surface area contributed by atoms with Crippen LogP contribution < -0.4 is 28.4 Å². The molecule has 0 spiro atoms. The predicted molar refractivity (Wildman–Crippen MR) is 297 cm³/mol. The standard InChI is InChI=1S/C61H65NO14S2/c1-3-51(63)71-37-13-7-5-11-35-69-44-27-31-46(32-28-44)73-58(65)40-19-23-42(24-20-40)60(67)75-54-48-16-9-10-17-49(48)55(56-53(54)62-57(78-56)50-18-15-39-77-50)76-61(68)43-25-21-41(22-26-43)59(66)74-47-33-29-45(30-34-47)70-36-12-6-8-14-38-72-52(64)4-2/h3-4,9-10,15-18,27-34,39-43H,1-2,5-8,11-14,19-26,35-38H2. The number of carbonyl (C=O) groups is 6. The second-order valence-corrected chi connectivity index (χ2v) is 21.3. The summed E-state index contributed by atoms with van der Waals surface area (Å²) >= 11 is 2.89. The Balaban J connectivity index is 0.822. The molecule has 0 N–H and O–H groups in total. The summed E-state index contributed by atoms with van der Waals surface area (Å²) in [6.45, 7) is 8.59. The first-order valence-electron chi connectivity index (χ1n) is 26.9. The van der Waals surface area contributed by atoms with Gasteiger partial charge in [-0.15, -0.1) is 22.7 Å². The van der Waals surface area contributed by atoms with Crippen LogP contribution in [0, 0.1) is 23.7 Å². The van der Waals surface area contributed by atoms with E-state index >= 15 is 0 Å². The number of carbonyl (C=O) groups excluding carboxylic acids is 6. The molecule has 0 bridgehead atoms. The minimum Gasteiger partial charge on any atom is -0.494 e. The lowest BCUT2D eigenvalue weighted by Gasteiger charge is -2.26. The highest BCUT2D eigenvalue weighted by Gasteiger charge is 2.36. The van der Waals surface area contributed by atoms with Gasteiger partial charge in [-0.1, -0.05) is 43.5 Å². The van der Waals surface area contributed by atoms with Crippen LogP contribution in [-0.4, -0.2) is 67.2 Å². The van der Waals surface area contributed by atoms with Crippen molar-refractivity contribution in [1.29, 1.82) is 0 Å². The number of fused-ring (bicyclic) bond motifs is 2. The van der Waals surface area contributed by atoms with E-state index < -0.39 is 35.7 Å². The third-order valence-corrected chi connectivity index (χ3v) is 16.0. The zero-order valence-corrected chi connectivity index (χ0v) is 45.3. The van der Waals surface area contributed by atoms with Crippen molar-refractivity contribution in [2.45, 2.75) is 103 Å². The van der Waals surface area contributed by atoms with Gasteiger partial charge in [0.05, 0.1) is 55.0 Å². The summed E-state index contributed by atoms with van der Waals surface area (Å²) in [6, 6.07) is 25.2. The Labute approximate surface area is 461 Å². The molecular weight excluding hydrogens is 1030 g/mol. The molecule has 6 aromatic rings. The first kappa shape index (κ1) is 56.8. The van der Waals surface area contributed by atoms with Crippen molar-refractivity contribution in [2.24, 2.45) is 23.7 Å². The van der Waals surface area contributed by atoms with Gasteiger partial charge in [-0.2, -0.15) is 0 Å². The van der Waals surface area contributed by atoms with E-state index in [9.17, 15) is 28.8 Å². The monoisotopic (exact) mass is 1100 g/mol. The Morgan fingerprint density at radius 2 is 0.872 bits per heavy atom. The van der Waals surface area contributed by atoms with Crippen LogP contribution in [0.3, 0.4) is 0 Å². The number of thiazole rings is 1. The van der Waals surface area contributed by atoms with Crippen molar-refractivity contribution in [1.82, 2.24) is 4.98 Å². The summed E-state index contributed by atoms with van der Waals surface area (Å²) in [7, 11) is 0. The molecule has 2 aromatic heterocycles. The fraction of sp³-hybridized carbons (Fsp3) is 0.393. The quantitative estimate of drug-likeness (QED) is 0.0205. The Kier molecular flexibility index (Phi) is 21.0. The lowest BCUT2D eigenvalue weighted by atomic mass is 9.82. The van der Waals surface area contributed by atoms with E-state index in [-0.39, 0.29) is 29.5 Å². The van der Waals surface area contributed by atoms with Gasteiger partial charge >= 0.3 is 35.8 Å². The maximum atomic E-state index is 14.1. The zero-order valence-electron chi connectivity index (χ0n) is 43.7. The van der Waals surface area contributed by atoms with Gasteiger partial charge in [0.1, 0.15) is 38.2 Å². The molecule has 2 fully saturated rings. The van der Waals surface area contributed by atoms with Gasteiger partial charge in [0.15, 0.2) is 11.5 Å². The van der Waals surface area contributed by atoms with Crippen LogP contribution in [0.1, 0.15) is 103 Å². The number of nitrogens with zero attached hydrogens (tertiary/aromatic N) is 1. The lowest BCUT2D eigenvalue weighted by Crippen LogP contribution is -2.30. The number of rotatable bonds is 27. The van der Waals surface area contributed by atoms with Gasteiger partial charge in [-0.05, 0) is 163 Å². The molecule has 8 rings (SSSR count). The number of esters is 6. The van der Waals surface area contributed by atoms with E-state index in [0.717, 1.165) is 68.4 Å². The van der Waals surface area contributed by atoms with Crippen LogP contribution in [0.25, 0.3) is 30.9 Å². The van der Waals surface area contributed by atoms with Crippen molar-refractivity contribution in [3.8, 4) is 44.4 Å². The fourth-order valence-electron chi connectivity index (χ4n) is 9.53. The normalized spacial score (nSPS) is 17.1. The molecule has 0 aliphatic heterocycles. The van der Waals surface area contributed by atoms with E-state index in [1.54, 1.807) is 48.5 Å². The van der Waals surface area contributed by atoms with Gasteiger partial charge < -0.3 is 37.9 Å². The molecule has 2 aliphatic carbocycles. The summed E-state index contributed by atoms with van der Waals surface area (Å²) in [5.74, 6) is -1.21. The van der Waals surface area contributed by atoms with Gasteiger partial charge in [0.25, 0.3) is 0 Å². The topological polar surface area (TPSA) is 189 Å². The third kappa shape index (κ3) is 15.9. The van der Waals surface area contributed by atoms with E-state index in [0.29, 0.717) is 133 Å². The minimum absolute atomic E-state index is 0.289. The number of aromatic nitrogens is 1. The van der Waals surface area contributed by atoms with Gasteiger partial charge in [-0.3, -0.25) is 19.2 Å². The Morgan fingerprint density at radius 1 is 0.474 bits per heavy atom. The van der Waals surface area contributed by atoms with Crippen molar-refractivity contribution in [2.75, 3.05) is 26.4 Å². The molecule has 15 nitrogen and oxygen atoms in total. The molecule has 0 atom stereocenters. The first-order chi connectivity index (χ1) is 38.1. The van der Waals surface area contributed by atoms with Crippen molar-refractivity contribution >= 4 is 79.5 Å². The summed E-state index contributed by atoms with van der Waals surface area (Å²) in [5, 5.41) is 3.82. The van der Waals surface area contributed by atoms with E-state index in [2.05, 4.69) is 13.2 Å². The Hall–Kier alpha value is -7.37. The molecule has 2 heterocycles. The number of hydrogen-bond donors (Lipinski definition) is 0. The molecule has 2 aliphatic rings. The van der Waals surface area contributed by atoms with Crippen LogP contribution in [0.4, 0.5) is 0 Å². The average Bonchev–Trinajstić information content (AvgIpc) is 4.35. The lowest BCUT2D eigenvalue weighted by molar-refractivity contribution is -0.145. The molecule has 0 unspecified atom stereocenters. The van der Waals surface area contributed by atoms with Gasteiger partial charge in [0, 0.05) is 22.9 Å². The summed E-state index contributed by atoms with van der Waals surface area (Å²) in [4.78, 5) is 83.0. The van der Waals surface area contributed by atoms with Gasteiger partial charge in [0.2, 0.25) is 0 Å². The van der Waals surface area contributed by atoms with E-state index in [1.165, 1.54) is 22.7 Å². The molecule has 0 saturated heterocycles. The molecular formula is C61H65NO14S2. The average molecular weight is 1100 g/mol. The van der Waals surface area contributed by atoms with Crippen molar-refractivity contribution in [3.63, 3.8) is 0 Å². The maximum absolute atomic E-state index is 14.1. The number of ether oxygens (including phenoxy) is 8. The fourth-order valence-corrected chi connectivity index (χ4v) is 11.4. The molecule has 0 amide bonds. The minimum atomic E-state index is -0.462. The highest BCUT2D eigenvalue weighted by atomic mass is 32.1. The van der Waals surface area contributed by atoms with Crippen LogP contribution in [0.2, 0.25) is 0 Å². The molecule has 17 heteroatoms. The summed E-state index contributed by atoms with van der Waals surface area (Å²) in [5.41, 5.74) is 0.413. The third-order valence-electron chi connectivity index (χ3n) is 13.9. The Morgan fingerprint density at radius 3 is 1.29 bits per heavy atom. The maximum Gasteiger partial charge on any atom is 0.330 e. The number of hydrogen-bond acceptors (Lipinski definition) is 17. The van der Waals surface area contributed by atoms with Crippen LogP contribution >= 0.6 is 22.7 Å². The number of benzene rings is 4. The van der Waals surface area contributed by atoms with Crippen LogP contribution in [0.5, 0.6) is 34.5 Å². The highest BCUT2D eigenvalue weighted by molar-refractivity contribution is 7.25. The second kappa shape index (κ2) is 28.8. The highest BCUT2D eigenvalue weighted by Crippen LogP contribution is 2.48. The Bertz CT molecular complexity index is 2820. The molecule has 78 heavy (non-hydrogen) atoms. The molecule has 410 valence electrons. The van der Waals surface area contributed by atoms with Crippen LogP contribution in [0.15, 0.2) is 116 Å². The zero-order chi connectivity index (χ0) is 54.6. The summed E-state index contributed by atoms with van der Waals surface area (Å²) < 4.78 is 46.5. The summed E-state index contributed by atoms with van der Waals surface area (Å²) in [6.07, 6.45) is 12.9. The first-order valence-corrected chi connectivity index (χ1v) is 28.6. The number of thiophene rings is 1. The number of unbranched alkanes of at least 4 members (excludes halogenated alkanes) is 6. The SMILES string of the molecule is C=CC(=O)OCCCCCCOc1ccc(OC(=O)C2CCC(C(=O)Oc3c4ccccc4c(OC(=O)C4CCC(C(=O)Oc5ccc(OCCCCCCOC(=O)C=C)cc5)CC4)c4sc(-c5cccs5)nc34)CC2)cc1. The molecule has 4 aromatic carbocycles. The van der Waals surface area contributed by atoms with E-state index in [4.69, 9.17) is 42.9 Å². The smallest absolute Gasteiger partial charge is 0.330 e. The molecule has 0 radical (unpaired) electrons. The molecule has 2 saturated carbocycles. The van der Waals surface area contributed by atoms with E-state index in [1.807, 2.05) is 41.8 Å². The van der Waals surface area contributed by atoms with Gasteiger partial charge in [-0.25, -0.2) is 14.6 Å². The largest absolute Gasteiger partial charge is 0.494 e. The van der Waals surface area contributed by atoms with Crippen molar-refractivity contribution in [3.05, 3.63) is 116 Å².